The van der Waals surface area contributed by atoms with Gasteiger partial charge in [0.15, 0.2) is 0 Å². The monoisotopic (exact) mass is 313 g/mol. The standard InChI is InChI=1S/C14H15N3O.2ClH/c15-14(18)10-6-8-17(9-10)13-5-1-4-12-11(13)3-2-7-16-12;;/h1-5,7,10H,6,8-9H2,(H2,15,18);2*1H. The van der Waals surface area contributed by atoms with Crippen molar-refractivity contribution in [2.75, 3.05) is 18.0 Å². The number of halogens is 2. The summed E-state index contributed by atoms with van der Waals surface area (Å²) in [4.78, 5) is 17.8. The van der Waals surface area contributed by atoms with E-state index in [4.69, 9.17) is 5.73 Å². The predicted molar refractivity (Wildman–Crippen MR) is 85.8 cm³/mol. The third kappa shape index (κ3) is 2.97. The fourth-order valence-corrected chi connectivity index (χ4v) is 2.57. The molecule has 6 heteroatoms. The number of nitrogens with two attached hydrogens (primary N) is 1. The fraction of sp³-hybridized carbons (Fsp3) is 0.286. The Morgan fingerprint density at radius 2 is 2.05 bits per heavy atom. The summed E-state index contributed by atoms with van der Waals surface area (Å²) in [5.41, 5.74) is 7.50. The number of aromatic nitrogens is 1. The molecule has 1 fully saturated rings. The Morgan fingerprint density at radius 1 is 1.25 bits per heavy atom. The van der Waals surface area contributed by atoms with Crippen LogP contribution in [0.15, 0.2) is 36.5 Å². The second kappa shape index (κ2) is 6.77. The van der Waals surface area contributed by atoms with Gasteiger partial charge >= 0.3 is 0 Å². The molecule has 1 aliphatic rings. The molecule has 1 unspecified atom stereocenters. The van der Waals surface area contributed by atoms with Crippen LogP contribution in [0.2, 0.25) is 0 Å². The van der Waals surface area contributed by atoms with Crippen molar-refractivity contribution in [1.29, 1.82) is 0 Å². The first-order valence-corrected chi connectivity index (χ1v) is 6.14. The van der Waals surface area contributed by atoms with Gasteiger partial charge in [0.05, 0.1) is 11.4 Å². The number of rotatable bonds is 2. The highest BCUT2D eigenvalue weighted by Gasteiger charge is 2.27. The molecule has 1 saturated heterocycles. The van der Waals surface area contributed by atoms with Gasteiger partial charge in [-0.1, -0.05) is 6.07 Å². The summed E-state index contributed by atoms with van der Waals surface area (Å²) in [6.07, 6.45) is 2.63. The Hall–Kier alpha value is -1.52. The molecule has 1 aromatic heterocycles. The van der Waals surface area contributed by atoms with Crippen LogP contribution >= 0.6 is 24.8 Å². The highest BCUT2D eigenvalue weighted by molar-refractivity contribution is 5.92. The number of nitrogens with zero attached hydrogens (tertiary/aromatic N) is 2. The minimum atomic E-state index is -0.198. The predicted octanol–water partition coefficient (Wildman–Crippen LogP) is 2.39. The Morgan fingerprint density at radius 3 is 2.75 bits per heavy atom. The Balaban J connectivity index is 0.000001000. The van der Waals surface area contributed by atoms with Crippen LogP contribution in [0.4, 0.5) is 5.69 Å². The molecule has 0 radical (unpaired) electrons. The molecule has 1 amide bonds. The van der Waals surface area contributed by atoms with Gasteiger partial charge in [-0.2, -0.15) is 0 Å². The van der Waals surface area contributed by atoms with Crippen LogP contribution in [0.5, 0.6) is 0 Å². The second-order valence-corrected chi connectivity index (χ2v) is 4.68. The normalized spacial score (nSPS) is 17.4. The van der Waals surface area contributed by atoms with Crippen LogP contribution < -0.4 is 10.6 Å². The van der Waals surface area contributed by atoms with Gasteiger partial charge in [-0.05, 0) is 30.7 Å². The van der Waals surface area contributed by atoms with E-state index in [9.17, 15) is 4.79 Å². The molecule has 2 N–H and O–H groups in total. The van der Waals surface area contributed by atoms with Gasteiger partial charge in [0, 0.05) is 30.4 Å². The van der Waals surface area contributed by atoms with Crippen LogP contribution in [0.1, 0.15) is 6.42 Å². The molecule has 0 saturated carbocycles. The van der Waals surface area contributed by atoms with Crippen molar-refractivity contribution >= 4 is 47.3 Å². The van der Waals surface area contributed by atoms with Crippen molar-refractivity contribution < 1.29 is 4.79 Å². The highest BCUT2D eigenvalue weighted by atomic mass is 35.5. The lowest BCUT2D eigenvalue weighted by Gasteiger charge is -2.20. The number of amides is 1. The Kier molecular flexibility index (Phi) is 5.60. The summed E-state index contributed by atoms with van der Waals surface area (Å²) in [5, 5.41) is 1.13. The van der Waals surface area contributed by atoms with E-state index in [1.165, 1.54) is 0 Å². The lowest BCUT2D eigenvalue weighted by Crippen LogP contribution is -2.27. The second-order valence-electron chi connectivity index (χ2n) is 4.68. The van der Waals surface area contributed by atoms with Crippen molar-refractivity contribution in [3.05, 3.63) is 36.5 Å². The largest absolute Gasteiger partial charge is 0.370 e. The molecule has 2 heterocycles. The third-order valence-corrected chi connectivity index (χ3v) is 3.55. The zero-order valence-corrected chi connectivity index (χ0v) is 12.5. The molecule has 20 heavy (non-hydrogen) atoms. The molecule has 1 aromatic carbocycles. The van der Waals surface area contributed by atoms with E-state index in [0.717, 1.165) is 29.6 Å². The maximum atomic E-state index is 11.2. The molecular formula is C14H17Cl2N3O. The average Bonchev–Trinajstić information content (AvgIpc) is 2.87. The van der Waals surface area contributed by atoms with E-state index < -0.39 is 0 Å². The van der Waals surface area contributed by atoms with Crippen molar-refractivity contribution in [3.63, 3.8) is 0 Å². The first kappa shape index (κ1) is 16.5. The molecule has 3 rings (SSSR count). The first-order valence-electron chi connectivity index (χ1n) is 6.14. The van der Waals surface area contributed by atoms with Crippen LogP contribution in [0.3, 0.4) is 0 Å². The number of anilines is 1. The van der Waals surface area contributed by atoms with Crippen LogP contribution in [-0.4, -0.2) is 24.0 Å². The number of primary amides is 1. The SMILES string of the molecule is Cl.Cl.NC(=O)C1CCN(c2cccc3ncccc23)C1. The summed E-state index contributed by atoms with van der Waals surface area (Å²) < 4.78 is 0. The van der Waals surface area contributed by atoms with Crippen molar-refractivity contribution in [1.82, 2.24) is 4.98 Å². The van der Waals surface area contributed by atoms with Gasteiger partial charge in [-0.25, -0.2) is 0 Å². The molecule has 2 aromatic rings. The number of fused-ring (bicyclic) bond motifs is 1. The summed E-state index contributed by atoms with van der Waals surface area (Å²) in [7, 11) is 0. The summed E-state index contributed by atoms with van der Waals surface area (Å²) >= 11 is 0. The van der Waals surface area contributed by atoms with Gasteiger partial charge in [0.2, 0.25) is 5.91 Å². The number of benzene rings is 1. The van der Waals surface area contributed by atoms with Crippen LogP contribution in [0.25, 0.3) is 10.9 Å². The third-order valence-electron chi connectivity index (χ3n) is 3.55. The molecule has 0 aliphatic carbocycles. The zero-order chi connectivity index (χ0) is 12.5. The lowest BCUT2D eigenvalue weighted by molar-refractivity contribution is -0.121. The quantitative estimate of drug-likeness (QED) is 0.926. The number of hydrogen-bond donors (Lipinski definition) is 1. The van der Waals surface area contributed by atoms with E-state index in [-0.39, 0.29) is 36.6 Å². The Bertz CT molecular complexity index is 600. The van der Waals surface area contributed by atoms with Crippen LogP contribution in [-0.2, 0) is 4.79 Å². The van der Waals surface area contributed by atoms with Gasteiger partial charge < -0.3 is 10.6 Å². The maximum Gasteiger partial charge on any atom is 0.222 e. The number of carbonyl (C=O) groups excluding carboxylic acids is 1. The van der Waals surface area contributed by atoms with Gasteiger partial charge in [-0.15, -0.1) is 24.8 Å². The Labute approximate surface area is 130 Å². The molecule has 1 atom stereocenters. The number of hydrogen-bond acceptors (Lipinski definition) is 3. The molecule has 1 aliphatic heterocycles. The van der Waals surface area contributed by atoms with Crippen LogP contribution in [0, 0.1) is 5.92 Å². The first-order chi connectivity index (χ1) is 8.75. The highest BCUT2D eigenvalue weighted by Crippen LogP contribution is 2.29. The van der Waals surface area contributed by atoms with E-state index in [1.54, 1.807) is 6.20 Å². The minimum absolute atomic E-state index is 0. The van der Waals surface area contributed by atoms with E-state index in [1.807, 2.05) is 18.2 Å². The fourth-order valence-electron chi connectivity index (χ4n) is 2.57. The van der Waals surface area contributed by atoms with E-state index >= 15 is 0 Å². The van der Waals surface area contributed by atoms with Crippen molar-refractivity contribution in [2.24, 2.45) is 11.7 Å². The topological polar surface area (TPSA) is 59.2 Å². The number of pyridine rings is 1. The van der Waals surface area contributed by atoms with Crippen molar-refractivity contribution in [3.8, 4) is 0 Å². The molecule has 0 bridgehead atoms. The van der Waals surface area contributed by atoms with Gasteiger partial charge in [0.1, 0.15) is 0 Å². The average molecular weight is 314 g/mol. The van der Waals surface area contributed by atoms with E-state index in [2.05, 4.69) is 22.0 Å². The number of carbonyl (C=O) groups is 1. The summed E-state index contributed by atoms with van der Waals surface area (Å²) in [5.74, 6) is -0.229. The maximum absolute atomic E-state index is 11.2. The summed E-state index contributed by atoms with van der Waals surface area (Å²) in [6, 6.07) is 10.1. The molecule has 0 spiro atoms. The lowest BCUT2D eigenvalue weighted by atomic mass is 10.1. The molecule has 108 valence electrons. The van der Waals surface area contributed by atoms with Gasteiger partial charge in [0.25, 0.3) is 0 Å². The summed E-state index contributed by atoms with van der Waals surface area (Å²) in [6.45, 7) is 1.59. The molecular weight excluding hydrogens is 297 g/mol. The van der Waals surface area contributed by atoms with E-state index in [0.29, 0.717) is 6.54 Å². The zero-order valence-electron chi connectivity index (χ0n) is 10.9. The minimum Gasteiger partial charge on any atom is -0.370 e. The smallest absolute Gasteiger partial charge is 0.222 e. The van der Waals surface area contributed by atoms with Crippen molar-refractivity contribution in [2.45, 2.75) is 6.42 Å². The van der Waals surface area contributed by atoms with Gasteiger partial charge in [-0.3, -0.25) is 9.78 Å². The molecule has 4 nitrogen and oxygen atoms in total.